The predicted molar refractivity (Wildman–Crippen MR) is 216 cm³/mol. The minimum atomic E-state index is -4.42. The van der Waals surface area contributed by atoms with Crippen molar-refractivity contribution in [1.29, 1.82) is 0 Å². The van der Waals surface area contributed by atoms with Crippen molar-refractivity contribution in [3.63, 3.8) is 0 Å². The molecule has 0 saturated carbocycles. The van der Waals surface area contributed by atoms with E-state index >= 15 is 0 Å². The average molecular weight is 829 g/mol. The van der Waals surface area contributed by atoms with E-state index in [4.69, 9.17) is 0 Å². The van der Waals surface area contributed by atoms with Gasteiger partial charge in [0, 0.05) is 0 Å². The van der Waals surface area contributed by atoms with Gasteiger partial charge in [0.25, 0.3) is 0 Å². The summed E-state index contributed by atoms with van der Waals surface area (Å²) in [5.41, 5.74) is 15.4. The molecule has 0 heterocycles. The van der Waals surface area contributed by atoms with Gasteiger partial charge < -0.3 is 0 Å². The Kier molecular flexibility index (Phi) is 8.32. The molecule has 2 aliphatic rings. The molecule has 246 valence electrons. The zero-order valence-corrected chi connectivity index (χ0v) is 34.8. The van der Waals surface area contributed by atoms with Gasteiger partial charge in [0.15, 0.2) is 0 Å². The number of fused-ring (bicyclic) bond motifs is 2. The van der Waals surface area contributed by atoms with Crippen molar-refractivity contribution in [3.05, 3.63) is 190 Å². The molecule has 6 aromatic rings. The summed E-state index contributed by atoms with van der Waals surface area (Å²) in [5.74, 6) is 0. The van der Waals surface area contributed by atoms with Gasteiger partial charge in [0.1, 0.15) is 0 Å². The van der Waals surface area contributed by atoms with Crippen molar-refractivity contribution in [2.45, 2.75) is 44.4 Å². The van der Waals surface area contributed by atoms with Crippen molar-refractivity contribution >= 4 is 28.0 Å². The molecule has 0 radical (unpaired) electrons. The van der Waals surface area contributed by atoms with Gasteiger partial charge in [-0.25, -0.2) is 0 Å². The Morgan fingerprint density at radius 2 is 0.860 bits per heavy atom. The van der Waals surface area contributed by atoms with Gasteiger partial charge in [-0.1, -0.05) is 0 Å². The van der Waals surface area contributed by atoms with Crippen LogP contribution in [0.2, 0.25) is 9.36 Å². The van der Waals surface area contributed by atoms with Crippen LogP contribution in [0.4, 0.5) is 0 Å². The van der Waals surface area contributed by atoms with Crippen LogP contribution in [0.5, 0.6) is 0 Å². The van der Waals surface area contributed by atoms with Crippen LogP contribution in [0.1, 0.15) is 51.9 Å². The third kappa shape index (κ3) is 5.26. The Labute approximate surface area is 299 Å². The summed E-state index contributed by atoms with van der Waals surface area (Å²) in [6.07, 6.45) is 10.3. The summed E-state index contributed by atoms with van der Waals surface area (Å²) in [6.45, 7) is 8.94. The van der Waals surface area contributed by atoms with Gasteiger partial charge in [-0.2, -0.15) is 0 Å². The Balaban J connectivity index is 1.46. The number of rotatable bonds is 6. The first-order chi connectivity index (χ1) is 24.1. The second-order valence-corrected chi connectivity index (χ2v) is 59.1. The SMILES string of the molecule is Cc1ccc(C)c(-c2cccc3c2C=C[CH]3[Hf]([CH3])([CH3])([CH]2C=Cc3c(-c4cc(C)ccc4C)cccc32)=[Si](c2ccccc2)c2ccccc2)c1. The Morgan fingerprint density at radius 3 is 1.28 bits per heavy atom. The van der Waals surface area contributed by atoms with E-state index in [0.29, 0.717) is 7.35 Å². The van der Waals surface area contributed by atoms with Crippen LogP contribution in [0.3, 0.4) is 0 Å². The summed E-state index contributed by atoms with van der Waals surface area (Å²) in [6, 6.07) is 51.4. The van der Waals surface area contributed by atoms with Crippen LogP contribution >= 0.6 is 0 Å². The van der Waals surface area contributed by atoms with Crippen molar-refractivity contribution in [1.82, 2.24) is 0 Å². The zero-order chi connectivity index (χ0) is 34.6. The molecular weight excluding hydrogens is 783 g/mol. The van der Waals surface area contributed by atoms with E-state index in [1.54, 1.807) is 10.4 Å². The van der Waals surface area contributed by atoms with Crippen LogP contribution in [-0.2, 0) is 17.1 Å². The first-order valence-electron chi connectivity index (χ1n) is 18.1. The quantitative estimate of drug-likeness (QED) is 0.147. The van der Waals surface area contributed by atoms with Gasteiger partial charge in [0.2, 0.25) is 0 Å². The number of hydrogen-bond donors (Lipinski definition) is 0. The van der Waals surface area contributed by atoms with E-state index < -0.39 is 22.6 Å². The fourth-order valence-electron chi connectivity index (χ4n) is 9.54. The van der Waals surface area contributed by atoms with Gasteiger partial charge >= 0.3 is 302 Å². The molecule has 0 aliphatic heterocycles. The summed E-state index contributed by atoms with van der Waals surface area (Å²) < 4.78 is 6.50. The number of benzene rings is 6. The van der Waals surface area contributed by atoms with Crippen LogP contribution in [0.25, 0.3) is 34.4 Å². The van der Waals surface area contributed by atoms with Gasteiger partial charge in [-0.15, -0.1) is 0 Å². The van der Waals surface area contributed by atoms with E-state index in [1.807, 2.05) is 0 Å². The molecule has 0 spiro atoms. The molecule has 0 saturated heterocycles. The maximum absolute atomic E-state index is 4.42. The Bertz CT molecular complexity index is 2260. The Morgan fingerprint density at radius 1 is 0.440 bits per heavy atom. The van der Waals surface area contributed by atoms with Crippen molar-refractivity contribution in [3.8, 4) is 22.3 Å². The van der Waals surface area contributed by atoms with E-state index in [2.05, 4.69) is 195 Å². The fourth-order valence-corrected chi connectivity index (χ4v) is 62.4. The van der Waals surface area contributed by atoms with Crippen LogP contribution < -0.4 is 10.4 Å². The normalized spacial score (nSPS) is 16.4. The molecule has 0 nitrogen and oxygen atoms in total. The number of aryl methyl sites for hydroxylation is 4. The van der Waals surface area contributed by atoms with Gasteiger partial charge in [0.05, 0.1) is 0 Å². The molecule has 0 bridgehead atoms. The molecule has 0 fully saturated rings. The topological polar surface area (TPSA) is 0 Å². The minimum absolute atomic E-state index is 0.395. The van der Waals surface area contributed by atoms with Crippen molar-refractivity contribution < 1.29 is 17.1 Å². The first kappa shape index (κ1) is 33.1. The molecular formula is C48H46HfSi. The molecule has 2 aliphatic carbocycles. The van der Waals surface area contributed by atoms with Crippen LogP contribution in [0, 0.1) is 27.7 Å². The van der Waals surface area contributed by atoms with Crippen LogP contribution in [0.15, 0.2) is 146 Å². The summed E-state index contributed by atoms with van der Waals surface area (Å²) >= 11 is -4.42. The van der Waals surface area contributed by atoms with Gasteiger partial charge in [-0.3, -0.25) is 0 Å². The van der Waals surface area contributed by atoms with E-state index in [9.17, 15) is 0 Å². The maximum atomic E-state index is 2.86. The zero-order valence-electron chi connectivity index (χ0n) is 30.2. The first-order valence-corrected chi connectivity index (χ1v) is 36.3. The summed E-state index contributed by atoms with van der Waals surface area (Å²) in [5, 5.41) is 3.09. The molecule has 8 rings (SSSR count). The number of allylic oxidation sites excluding steroid dienone is 2. The fraction of sp³-hybridized carbons (Fsp3) is 0.167. The van der Waals surface area contributed by atoms with E-state index in [-0.39, 0.29) is 0 Å². The van der Waals surface area contributed by atoms with Crippen molar-refractivity contribution in [2.24, 2.45) is 0 Å². The molecule has 2 atom stereocenters. The Hall–Kier alpha value is -4.11. The van der Waals surface area contributed by atoms with Gasteiger partial charge in [-0.05, 0) is 0 Å². The number of hydrogen-bond acceptors (Lipinski definition) is 0. The standard InChI is InChI=1S/2C17H15.C12H10Si.2CH3.Hf/c2*1-12-9-10-13(2)17(11-12)16-8-4-6-14-5-3-7-15(14)16;1-3-7-11(8-4-1)13-12-9-5-2-6-10-12;;;/h2*3-11H,1-2H3;1-10H;2*1H3;. The summed E-state index contributed by atoms with van der Waals surface area (Å²) in [4.78, 5) is 0. The summed E-state index contributed by atoms with van der Waals surface area (Å²) in [7, 11) is 0. The molecule has 2 unspecified atom stereocenters. The van der Waals surface area contributed by atoms with E-state index in [0.717, 1.165) is 0 Å². The molecule has 0 amide bonds. The molecule has 50 heavy (non-hydrogen) atoms. The van der Waals surface area contributed by atoms with Crippen LogP contribution in [-0.4, -0.2) is 5.49 Å². The third-order valence-corrected chi connectivity index (χ3v) is 61.1. The molecule has 2 heteroatoms. The van der Waals surface area contributed by atoms with E-state index in [1.165, 1.54) is 66.8 Å². The third-order valence-electron chi connectivity index (χ3n) is 12.1. The van der Waals surface area contributed by atoms with Crippen molar-refractivity contribution in [2.75, 3.05) is 0 Å². The molecule has 0 N–H and O–H groups in total. The second kappa shape index (κ2) is 12.6. The second-order valence-electron chi connectivity index (χ2n) is 15.6. The monoisotopic (exact) mass is 830 g/mol. The molecule has 0 aromatic heterocycles. The predicted octanol–water partition coefficient (Wildman–Crippen LogP) is 11.7. The molecule has 6 aromatic carbocycles. The average Bonchev–Trinajstić information content (AvgIpc) is 3.78.